The topological polar surface area (TPSA) is 75.6 Å². The summed E-state index contributed by atoms with van der Waals surface area (Å²) in [4.78, 5) is 22.8. The van der Waals surface area contributed by atoms with Crippen LogP contribution in [0.2, 0.25) is 0 Å². The largest absolute Gasteiger partial charge is 0.478 e. The molecule has 2 aromatic rings. The van der Waals surface area contributed by atoms with Gasteiger partial charge in [-0.15, -0.1) is 0 Å². The maximum absolute atomic E-state index is 11.7. The zero-order valence-electron chi connectivity index (χ0n) is 14.0. The molecule has 5 nitrogen and oxygen atoms in total. The lowest BCUT2D eigenvalue weighted by Crippen LogP contribution is -2.32. The van der Waals surface area contributed by atoms with Crippen LogP contribution in [0.3, 0.4) is 0 Å². The number of ether oxygens (including phenoxy) is 1. The Kier molecular flexibility index (Phi) is 5.24. The van der Waals surface area contributed by atoms with E-state index in [9.17, 15) is 9.59 Å². The van der Waals surface area contributed by atoms with E-state index in [4.69, 9.17) is 9.84 Å². The molecule has 0 unspecified atom stereocenters. The van der Waals surface area contributed by atoms with E-state index in [2.05, 4.69) is 5.32 Å². The monoisotopic (exact) mass is 327 g/mol. The third-order valence-corrected chi connectivity index (χ3v) is 3.21. The van der Waals surface area contributed by atoms with E-state index in [1.165, 1.54) is 0 Å². The summed E-state index contributed by atoms with van der Waals surface area (Å²) in [6, 6.07) is 14.3. The van der Waals surface area contributed by atoms with Gasteiger partial charge in [-0.3, -0.25) is 0 Å². The fraction of sp³-hybridized carbons (Fsp3) is 0.263. The number of aromatic carboxylic acids is 1. The third-order valence-electron chi connectivity index (χ3n) is 3.21. The molecule has 0 radical (unpaired) electrons. The zero-order valence-corrected chi connectivity index (χ0v) is 14.0. The average molecular weight is 327 g/mol. The number of carbonyl (C=O) groups excluding carboxylic acids is 1. The lowest BCUT2D eigenvalue weighted by molar-refractivity contribution is 0.0523. The number of carbonyl (C=O) groups is 2. The summed E-state index contributed by atoms with van der Waals surface area (Å²) in [5, 5.41) is 11.8. The molecule has 0 saturated carbocycles. The first kappa shape index (κ1) is 17.5. The molecule has 24 heavy (non-hydrogen) atoms. The Morgan fingerprint density at radius 2 is 1.67 bits per heavy atom. The first-order valence-corrected chi connectivity index (χ1v) is 7.64. The van der Waals surface area contributed by atoms with Crippen molar-refractivity contribution < 1.29 is 19.4 Å². The summed E-state index contributed by atoms with van der Waals surface area (Å²) >= 11 is 0. The van der Waals surface area contributed by atoms with Gasteiger partial charge >= 0.3 is 12.1 Å². The Hall–Kier alpha value is -2.82. The molecule has 1 amide bonds. The molecule has 0 atom stereocenters. The maximum atomic E-state index is 11.7. The molecular weight excluding hydrogens is 306 g/mol. The second kappa shape index (κ2) is 7.17. The van der Waals surface area contributed by atoms with Crippen molar-refractivity contribution in [3.8, 4) is 11.1 Å². The number of alkyl carbamates (subject to hydrolysis) is 1. The summed E-state index contributed by atoms with van der Waals surface area (Å²) in [6.07, 6.45) is -0.472. The zero-order chi connectivity index (χ0) is 17.7. The molecule has 0 aliphatic rings. The first-order valence-electron chi connectivity index (χ1n) is 7.64. The van der Waals surface area contributed by atoms with Gasteiger partial charge < -0.3 is 15.2 Å². The van der Waals surface area contributed by atoms with Crippen LogP contribution in [-0.2, 0) is 11.3 Å². The van der Waals surface area contributed by atoms with Crippen molar-refractivity contribution in [1.82, 2.24) is 5.32 Å². The highest BCUT2D eigenvalue weighted by Gasteiger charge is 2.15. The van der Waals surface area contributed by atoms with Crippen molar-refractivity contribution in [3.05, 3.63) is 59.7 Å². The molecule has 0 aliphatic heterocycles. The molecule has 5 heteroatoms. The maximum Gasteiger partial charge on any atom is 0.407 e. The summed E-state index contributed by atoms with van der Waals surface area (Å²) in [5.41, 5.74) is 2.31. The van der Waals surface area contributed by atoms with Crippen molar-refractivity contribution >= 4 is 12.1 Å². The minimum absolute atomic E-state index is 0.241. The predicted molar refractivity (Wildman–Crippen MR) is 91.9 cm³/mol. The molecule has 126 valence electrons. The van der Waals surface area contributed by atoms with Crippen LogP contribution in [-0.4, -0.2) is 22.8 Å². The van der Waals surface area contributed by atoms with Gasteiger partial charge in [-0.05, 0) is 55.7 Å². The molecule has 0 bridgehead atoms. The number of amides is 1. The number of rotatable bonds is 4. The SMILES string of the molecule is CC(C)(C)OC(=O)NCc1cccc(-c2cccc(C(=O)O)c2)c1. The molecule has 2 N–H and O–H groups in total. The van der Waals surface area contributed by atoms with Crippen molar-refractivity contribution in [2.45, 2.75) is 32.9 Å². The summed E-state index contributed by atoms with van der Waals surface area (Å²) < 4.78 is 5.20. The minimum Gasteiger partial charge on any atom is -0.478 e. The highest BCUT2D eigenvalue weighted by atomic mass is 16.6. The van der Waals surface area contributed by atoms with Gasteiger partial charge in [-0.1, -0.05) is 30.3 Å². The van der Waals surface area contributed by atoms with Gasteiger partial charge in [-0.2, -0.15) is 0 Å². The quantitative estimate of drug-likeness (QED) is 0.887. The van der Waals surface area contributed by atoms with Crippen LogP contribution in [0, 0.1) is 0 Å². The second-order valence-corrected chi connectivity index (χ2v) is 6.44. The normalized spacial score (nSPS) is 11.0. The highest BCUT2D eigenvalue weighted by molar-refractivity contribution is 5.89. The van der Waals surface area contributed by atoms with Crippen LogP contribution in [0.15, 0.2) is 48.5 Å². The van der Waals surface area contributed by atoms with E-state index in [0.29, 0.717) is 6.54 Å². The van der Waals surface area contributed by atoms with E-state index in [1.54, 1.807) is 18.2 Å². The second-order valence-electron chi connectivity index (χ2n) is 6.44. The fourth-order valence-corrected chi connectivity index (χ4v) is 2.18. The van der Waals surface area contributed by atoms with E-state index >= 15 is 0 Å². The number of benzene rings is 2. The van der Waals surface area contributed by atoms with Crippen molar-refractivity contribution in [1.29, 1.82) is 0 Å². The Morgan fingerprint density at radius 3 is 2.29 bits per heavy atom. The van der Waals surface area contributed by atoms with Crippen LogP contribution >= 0.6 is 0 Å². The number of nitrogens with one attached hydrogen (secondary N) is 1. The number of carboxylic acids is 1. The Balaban J connectivity index is 2.10. The van der Waals surface area contributed by atoms with Gasteiger partial charge in [0.1, 0.15) is 5.60 Å². The van der Waals surface area contributed by atoms with Crippen molar-refractivity contribution in [3.63, 3.8) is 0 Å². The van der Waals surface area contributed by atoms with Crippen LogP contribution in [0.5, 0.6) is 0 Å². The third kappa shape index (κ3) is 5.12. The van der Waals surface area contributed by atoms with Crippen molar-refractivity contribution in [2.75, 3.05) is 0 Å². The Labute approximate surface area is 141 Å². The fourth-order valence-electron chi connectivity index (χ4n) is 2.18. The van der Waals surface area contributed by atoms with Gasteiger partial charge in [0.05, 0.1) is 5.56 Å². The summed E-state index contributed by atoms with van der Waals surface area (Å²) in [7, 11) is 0. The molecule has 0 heterocycles. The summed E-state index contributed by atoms with van der Waals surface area (Å²) in [6.45, 7) is 5.76. The lowest BCUT2D eigenvalue weighted by Gasteiger charge is -2.19. The molecule has 0 aliphatic carbocycles. The molecule has 0 spiro atoms. The molecule has 0 saturated heterocycles. The first-order chi connectivity index (χ1) is 11.2. The van der Waals surface area contributed by atoms with Gasteiger partial charge in [0.25, 0.3) is 0 Å². The van der Waals surface area contributed by atoms with Crippen LogP contribution in [0.25, 0.3) is 11.1 Å². The van der Waals surface area contributed by atoms with E-state index < -0.39 is 17.7 Å². The van der Waals surface area contributed by atoms with Crippen LogP contribution in [0.4, 0.5) is 4.79 Å². The molecule has 2 aromatic carbocycles. The van der Waals surface area contributed by atoms with Gasteiger partial charge in [0, 0.05) is 6.54 Å². The predicted octanol–water partition coefficient (Wildman–Crippen LogP) is 4.08. The molecule has 0 fully saturated rings. The van der Waals surface area contributed by atoms with Crippen molar-refractivity contribution in [2.24, 2.45) is 0 Å². The van der Waals surface area contributed by atoms with E-state index in [-0.39, 0.29) is 5.56 Å². The Morgan fingerprint density at radius 1 is 1.04 bits per heavy atom. The summed E-state index contributed by atoms with van der Waals surface area (Å²) in [5.74, 6) is -0.959. The molecule has 0 aromatic heterocycles. The average Bonchev–Trinajstić information content (AvgIpc) is 2.52. The smallest absolute Gasteiger partial charge is 0.407 e. The lowest BCUT2D eigenvalue weighted by atomic mass is 10.0. The Bertz CT molecular complexity index is 747. The van der Waals surface area contributed by atoms with E-state index in [0.717, 1.165) is 16.7 Å². The van der Waals surface area contributed by atoms with Crippen LogP contribution < -0.4 is 5.32 Å². The minimum atomic E-state index is -0.959. The standard InChI is InChI=1S/C19H21NO4/c1-19(2,3)24-18(23)20-12-13-6-4-7-14(10-13)15-8-5-9-16(11-15)17(21)22/h4-11H,12H2,1-3H3,(H,20,23)(H,21,22). The number of hydrogen-bond acceptors (Lipinski definition) is 3. The highest BCUT2D eigenvalue weighted by Crippen LogP contribution is 2.22. The molecule has 2 rings (SSSR count). The molecular formula is C19H21NO4. The van der Waals surface area contributed by atoms with E-state index in [1.807, 2.05) is 51.1 Å². The van der Waals surface area contributed by atoms with Gasteiger partial charge in [-0.25, -0.2) is 9.59 Å². The number of carboxylic acid groups (broad SMARTS) is 1. The van der Waals surface area contributed by atoms with Gasteiger partial charge in [0.15, 0.2) is 0 Å². The van der Waals surface area contributed by atoms with Gasteiger partial charge in [0.2, 0.25) is 0 Å². The van der Waals surface area contributed by atoms with Crippen LogP contribution in [0.1, 0.15) is 36.7 Å². The number of hydrogen-bond donors (Lipinski definition) is 2.